The molecule has 0 aliphatic heterocycles. The molecule has 0 saturated carbocycles. The molecule has 0 radical (unpaired) electrons. The van der Waals surface area contributed by atoms with Crippen LogP contribution in [-0.4, -0.2) is 23.6 Å². The molecule has 2 rings (SSSR count). The lowest BCUT2D eigenvalue weighted by atomic mass is 10.0. The smallest absolute Gasteiger partial charge is 0.422 e. The quantitative estimate of drug-likeness (QED) is 0.273. The summed E-state index contributed by atoms with van der Waals surface area (Å²) in [5.74, 6) is 5.26. The van der Waals surface area contributed by atoms with Crippen LogP contribution in [0.1, 0.15) is 16.7 Å². The molecule has 0 N–H and O–H groups in total. The summed E-state index contributed by atoms with van der Waals surface area (Å²) in [5.41, 5.74) is 10.7. The first kappa shape index (κ1) is 15.7. The summed E-state index contributed by atoms with van der Waals surface area (Å²) in [5, 5.41) is 0. The van der Waals surface area contributed by atoms with Crippen LogP contribution in [0.25, 0.3) is 5.53 Å². The second-order valence-corrected chi connectivity index (χ2v) is 5.16. The molecule has 0 spiro atoms. The summed E-state index contributed by atoms with van der Waals surface area (Å²) in [6, 6.07) is 14.5. The van der Waals surface area contributed by atoms with Gasteiger partial charge in [0.25, 0.3) is 0 Å². The monoisotopic (exact) mass is 354 g/mol. The molecule has 0 fully saturated rings. The summed E-state index contributed by atoms with van der Waals surface area (Å²) in [6.07, 6.45) is 0. The number of benzene rings is 2. The van der Waals surface area contributed by atoms with Crippen molar-refractivity contribution in [3.63, 3.8) is 0 Å². The van der Waals surface area contributed by atoms with Gasteiger partial charge in [0.2, 0.25) is 0 Å². The van der Waals surface area contributed by atoms with Gasteiger partial charge in [-0.25, -0.2) is 4.79 Å². The first-order valence-corrected chi connectivity index (χ1v) is 7.12. The second kappa shape index (κ2) is 7.37. The number of methoxy groups -OCH3 is 1. The minimum atomic E-state index is -0.722. The van der Waals surface area contributed by atoms with Crippen molar-refractivity contribution in [1.29, 1.82) is 0 Å². The average molecular weight is 355 g/mol. The highest BCUT2D eigenvalue weighted by molar-refractivity contribution is 9.10. The fraction of sp³-hybridized carbons (Fsp3) is 0.0588. The van der Waals surface area contributed by atoms with Crippen LogP contribution in [0.2, 0.25) is 0 Å². The Kier molecular flexibility index (Phi) is 5.26. The zero-order valence-corrected chi connectivity index (χ0v) is 13.3. The summed E-state index contributed by atoms with van der Waals surface area (Å²) >= 11 is 3.36. The Morgan fingerprint density at radius 1 is 1.14 bits per heavy atom. The predicted molar refractivity (Wildman–Crippen MR) is 86.3 cm³/mol. The van der Waals surface area contributed by atoms with Gasteiger partial charge in [0, 0.05) is 15.6 Å². The van der Waals surface area contributed by atoms with Gasteiger partial charge >= 0.3 is 11.7 Å². The Balaban J connectivity index is 2.44. The largest absolute Gasteiger partial charge is 0.460 e. The van der Waals surface area contributed by atoms with E-state index in [1.54, 1.807) is 24.3 Å². The van der Waals surface area contributed by atoms with E-state index in [4.69, 9.17) is 5.53 Å². The Bertz CT molecular complexity index is 811. The number of ether oxygens (including phenoxy) is 1. The van der Waals surface area contributed by atoms with Crippen molar-refractivity contribution in [2.24, 2.45) is 0 Å². The van der Waals surface area contributed by atoms with Crippen LogP contribution in [0.4, 0.5) is 0 Å². The first-order chi connectivity index (χ1) is 10.7. The number of hydrogen-bond acceptors (Lipinski definition) is 2. The normalized spacial score (nSPS) is 9.18. The summed E-state index contributed by atoms with van der Waals surface area (Å²) in [4.78, 5) is 14.7. The number of rotatable bonds is 2. The Morgan fingerprint density at radius 3 is 2.45 bits per heavy atom. The van der Waals surface area contributed by atoms with Crippen LogP contribution in [0.3, 0.4) is 0 Å². The van der Waals surface area contributed by atoms with E-state index in [-0.39, 0.29) is 5.71 Å². The van der Waals surface area contributed by atoms with Crippen LogP contribution in [-0.2, 0) is 9.53 Å². The highest BCUT2D eigenvalue weighted by atomic mass is 79.9. The molecule has 4 nitrogen and oxygen atoms in total. The van der Waals surface area contributed by atoms with Gasteiger partial charge in [-0.2, -0.15) is 4.79 Å². The van der Waals surface area contributed by atoms with Crippen molar-refractivity contribution in [2.75, 3.05) is 7.11 Å². The molecule has 2 aromatic rings. The third-order valence-electron chi connectivity index (χ3n) is 2.85. The van der Waals surface area contributed by atoms with Crippen LogP contribution < -0.4 is 0 Å². The third kappa shape index (κ3) is 3.70. The van der Waals surface area contributed by atoms with Crippen LogP contribution in [0.5, 0.6) is 0 Å². The lowest BCUT2D eigenvalue weighted by molar-refractivity contribution is -0.137. The minimum Gasteiger partial charge on any atom is -0.460 e. The topological polar surface area (TPSA) is 62.7 Å². The van der Waals surface area contributed by atoms with E-state index in [9.17, 15) is 4.79 Å². The molecular formula is C17H11BrN2O2. The Morgan fingerprint density at radius 2 is 1.82 bits per heavy atom. The molecule has 0 aliphatic carbocycles. The van der Waals surface area contributed by atoms with E-state index in [1.807, 2.05) is 24.3 Å². The number of carbonyl (C=O) groups excluding carboxylic acids is 1. The Hall–Kier alpha value is -2.67. The van der Waals surface area contributed by atoms with Crippen molar-refractivity contribution < 1.29 is 14.3 Å². The molecule has 2 aromatic carbocycles. The molecule has 108 valence electrons. The van der Waals surface area contributed by atoms with E-state index in [0.29, 0.717) is 11.1 Å². The SMILES string of the molecule is COC(=O)C(=[N+]=[N-])c1ccccc1C#Cc1ccc(Br)cc1. The number of carbonyl (C=O) groups is 1. The van der Waals surface area contributed by atoms with Crippen LogP contribution in [0.15, 0.2) is 53.0 Å². The zero-order valence-electron chi connectivity index (χ0n) is 11.7. The summed E-state index contributed by atoms with van der Waals surface area (Å²) in [7, 11) is 1.23. The zero-order chi connectivity index (χ0) is 15.9. The van der Waals surface area contributed by atoms with Gasteiger partial charge < -0.3 is 10.3 Å². The van der Waals surface area contributed by atoms with Crippen LogP contribution >= 0.6 is 15.9 Å². The molecule has 0 heterocycles. The maximum Gasteiger partial charge on any atom is 0.422 e. The molecule has 0 unspecified atom stereocenters. The molecule has 0 saturated heterocycles. The van der Waals surface area contributed by atoms with E-state index < -0.39 is 5.97 Å². The maximum absolute atomic E-state index is 11.6. The summed E-state index contributed by atoms with van der Waals surface area (Å²) < 4.78 is 5.58. The van der Waals surface area contributed by atoms with Gasteiger partial charge in [-0.1, -0.05) is 39.9 Å². The molecule has 0 amide bonds. The Labute approximate surface area is 136 Å². The lowest BCUT2D eigenvalue weighted by Crippen LogP contribution is -2.19. The van der Waals surface area contributed by atoms with Crippen molar-refractivity contribution in [2.45, 2.75) is 0 Å². The molecule has 0 aromatic heterocycles. The predicted octanol–water partition coefficient (Wildman–Crippen LogP) is 3.04. The fourth-order valence-corrected chi connectivity index (χ4v) is 2.04. The van der Waals surface area contributed by atoms with Gasteiger partial charge in [0.05, 0.1) is 12.7 Å². The summed E-state index contributed by atoms with van der Waals surface area (Å²) in [6.45, 7) is 0. The highest BCUT2D eigenvalue weighted by Gasteiger charge is 2.25. The molecule has 22 heavy (non-hydrogen) atoms. The number of halogens is 1. The maximum atomic E-state index is 11.6. The molecule has 5 heteroatoms. The molecular weight excluding hydrogens is 344 g/mol. The molecule has 0 atom stereocenters. The highest BCUT2D eigenvalue weighted by Crippen LogP contribution is 2.11. The van der Waals surface area contributed by atoms with E-state index >= 15 is 0 Å². The van der Waals surface area contributed by atoms with Gasteiger partial charge in [-0.15, -0.1) is 0 Å². The lowest BCUT2D eigenvalue weighted by Gasteiger charge is -1.99. The van der Waals surface area contributed by atoms with Gasteiger partial charge in [0.1, 0.15) is 0 Å². The number of nitrogens with zero attached hydrogens (tertiary/aromatic N) is 2. The van der Waals surface area contributed by atoms with E-state index in [0.717, 1.165) is 10.0 Å². The van der Waals surface area contributed by atoms with Gasteiger partial charge in [-0.3, -0.25) is 0 Å². The van der Waals surface area contributed by atoms with Crippen LogP contribution in [0, 0.1) is 11.8 Å². The number of hydrogen-bond donors (Lipinski definition) is 0. The molecule has 0 aliphatic rings. The second-order valence-electron chi connectivity index (χ2n) is 4.24. The standard InChI is InChI=1S/C17H11BrN2O2/c1-22-17(21)16(20-19)15-5-3-2-4-13(15)9-6-12-7-10-14(18)11-8-12/h2-5,7-8,10-11H,1H3. The number of esters is 1. The van der Waals surface area contributed by atoms with Crippen molar-refractivity contribution in [3.05, 3.63) is 75.2 Å². The van der Waals surface area contributed by atoms with Gasteiger partial charge in [0.15, 0.2) is 0 Å². The molecule has 0 bridgehead atoms. The minimum absolute atomic E-state index is 0.178. The first-order valence-electron chi connectivity index (χ1n) is 6.33. The fourth-order valence-electron chi connectivity index (χ4n) is 1.77. The van der Waals surface area contributed by atoms with Crippen molar-refractivity contribution >= 4 is 27.6 Å². The van der Waals surface area contributed by atoms with E-state index in [1.165, 1.54) is 7.11 Å². The van der Waals surface area contributed by atoms with Gasteiger partial charge in [-0.05, 0) is 36.4 Å². The van der Waals surface area contributed by atoms with E-state index in [2.05, 4.69) is 37.3 Å². The third-order valence-corrected chi connectivity index (χ3v) is 3.38. The average Bonchev–Trinajstić information content (AvgIpc) is 2.56. The van der Waals surface area contributed by atoms with Crippen molar-refractivity contribution in [3.8, 4) is 11.8 Å². The van der Waals surface area contributed by atoms with Crippen molar-refractivity contribution in [1.82, 2.24) is 0 Å².